The van der Waals surface area contributed by atoms with Crippen molar-refractivity contribution in [1.82, 2.24) is 9.97 Å². The Morgan fingerprint density at radius 3 is 3.14 bits per heavy atom. The van der Waals surface area contributed by atoms with E-state index in [4.69, 9.17) is 4.74 Å². The lowest BCUT2D eigenvalue weighted by atomic mass is 10.2. The molecule has 2 unspecified atom stereocenters. The molecule has 6 nitrogen and oxygen atoms in total. The molecular formula is C14H20N4O2S. The number of aromatic nitrogens is 2. The van der Waals surface area contributed by atoms with Gasteiger partial charge in [0, 0.05) is 13.1 Å². The number of hydrogen-bond acceptors (Lipinski definition) is 7. The first kappa shape index (κ1) is 14.5. The number of hydrogen-bond donors (Lipinski definition) is 2. The van der Waals surface area contributed by atoms with Crippen molar-refractivity contribution in [2.45, 2.75) is 26.0 Å². The Balaban J connectivity index is 2.02. The zero-order valence-corrected chi connectivity index (χ0v) is 13.1. The largest absolute Gasteiger partial charge is 0.394 e. The summed E-state index contributed by atoms with van der Waals surface area (Å²) in [4.78, 5) is 12.4. The minimum absolute atomic E-state index is 0.0289. The lowest BCUT2D eigenvalue weighted by Gasteiger charge is -2.38. The molecule has 1 aliphatic rings. The molecule has 0 amide bonds. The number of aliphatic hydroxyl groups excluding tert-OH is 1. The molecule has 3 heterocycles. The summed E-state index contributed by atoms with van der Waals surface area (Å²) in [6.45, 7) is 6.19. The zero-order chi connectivity index (χ0) is 14.8. The van der Waals surface area contributed by atoms with E-state index in [9.17, 15) is 5.11 Å². The summed E-state index contributed by atoms with van der Waals surface area (Å²) >= 11 is 1.61. The van der Waals surface area contributed by atoms with Crippen LogP contribution in [0.3, 0.4) is 0 Å². The van der Waals surface area contributed by atoms with Gasteiger partial charge in [-0.3, -0.25) is 0 Å². The van der Waals surface area contributed by atoms with Gasteiger partial charge >= 0.3 is 0 Å². The molecule has 2 N–H and O–H groups in total. The summed E-state index contributed by atoms with van der Waals surface area (Å²) in [5.41, 5.74) is 0. The highest BCUT2D eigenvalue weighted by atomic mass is 32.1. The van der Waals surface area contributed by atoms with Gasteiger partial charge in [-0.25, -0.2) is 4.98 Å². The Hall–Kier alpha value is -1.44. The number of ether oxygens (including phenoxy) is 1. The highest BCUT2D eigenvalue weighted by molar-refractivity contribution is 7.16. The fourth-order valence-corrected chi connectivity index (χ4v) is 3.28. The SMILES string of the molecule is CCNc1nc(N2CC(CO)OCC2C)c2ccsc2n1. The van der Waals surface area contributed by atoms with Crippen LogP contribution in [0.15, 0.2) is 11.4 Å². The quantitative estimate of drug-likeness (QED) is 0.896. The predicted octanol–water partition coefficient (Wildman–Crippen LogP) is 1.71. The molecule has 1 saturated heterocycles. The van der Waals surface area contributed by atoms with Crippen molar-refractivity contribution in [2.75, 3.05) is 36.5 Å². The van der Waals surface area contributed by atoms with Gasteiger partial charge in [-0.05, 0) is 25.3 Å². The lowest BCUT2D eigenvalue weighted by molar-refractivity contribution is -0.0104. The zero-order valence-electron chi connectivity index (χ0n) is 12.2. The second kappa shape index (κ2) is 6.13. The number of thiophene rings is 1. The summed E-state index contributed by atoms with van der Waals surface area (Å²) in [6.07, 6.45) is -0.160. The number of morpholine rings is 1. The summed E-state index contributed by atoms with van der Waals surface area (Å²) < 4.78 is 5.61. The standard InChI is InChI=1S/C14H20N4O2S/c1-3-15-14-16-12(11-4-5-21-13(11)17-14)18-6-10(7-19)20-8-9(18)2/h4-5,9-10,19H,3,6-8H2,1-2H3,(H,15,16,17). The van der Waals surface area contributed by atoms with Gasteiger partial charge in [-0.15, -0.1) is 11.3 Å². The number of nitrogens with one attached hydrogen (secondary N) is 1. The molecule has 0 bridgehead atoms. The van der Waals surface area contributed by atoms with Crippen LogP contribution in [0, 0.1) is 0 Å². The molecule has 114 valence electrons. The maximum atomic E-state index is 9.36. The summed E-state index contributed by atoms with van der Waals surface area (Å²) in [7, 11) is 0. The molecule has 2 aromatic rings. The molecule has 2 atom stereocenters. The molecule has 0 saturated carbocycles. The highest BCUT2D eigenvalue weighted by Gasteiger charge is 2.28. The van der Waals surface area contributed by atoms with Gasteiger partial charge in [0.05, 0.1) is 30.7 Å². The first-order valence-electron chi connectivity index (χ1n) is 7.21. The predicted molar refractivity (Wildman–Crippen MR) is 85.2 cm³/mol. The maximum absolute atomic E-state index is 9.36. The van der Waals surface area contributed by atoms with Crippen molar-refractivity contribution in [3.8, 4) is 0 Å². The van der Waals surface area contributed by atoms with Crippen LogP contribution in [-0.4, -0.2) is 53.5 Å². The molecule has 1 fully saturated rings. The molecule has 2 aromatic heterocycles. The van der Waals surface area contributed by atoms with Crippen LogP contribution in [0.4, 0.5) is 11.8 Å². The van der Waals surface area contributed by atoms with Gasteiger partial charge in [0.1, 0.15) is 10.6 Å². The first-order valence-corrected chi connectivity index (χ1v) is 8.09. The van der Waals surface area contributed by atoms with Crippen LogP contribution >= 0.6 is 11.3 Å². The monoisotopic (exact) mass is 308 g/mol. The molecule has 0 radical (unpaired) electrons. The molecule has 7 heteroatoms. The van der Waals surface area contributed by atoms with Gasteiger partial charge in [-0.1, -0.05) is 0 Å². The minimum Gasteiger partial charge on any atom is -0.394 e. The van der Waals surface area contributed by atoms with E-state index in [1.54, 1.807) is 11.3 Å². The van der Waals surface area contributed by atoms with E-state index in [-0.39, 0.29) is 18.8 Å². The van der Waals surface area contributed by atoms with Crippen molar-refractivity contribution in [1.29, 1.82) is 0 Å². The fraction of sp³-hybridized carbons (Fsp3) is 0.571. The Kier molecular flexibility index (Phi) is 4.23. The number of anilines is 2. The third-order valence-electron chi connectivity index (χ3n) is 3.62. The van der Waals surface area contributed by atoms with Gasteiger partial charge in [0.25, 0.3) is 0 Å². The highest BCUT2D eigenvalue weighted by Crippen LogP contribution is 2.31. The Morgan fingerprint density at radius 2 is 2.38 bits per heavy atom. The van der Waals surface area contributed by atoms with E-state index in [0.29, 0.717) is 19.1 Å². The summed E-state index contributed by atoms with van der Waals surface area (Å²) in [5, 5.41) is 15.6. The number of aliphatic hydroxyl groups is 1. The Bertz CT molecular complexity index is 618. The van der Waals surface area contributed by atoms with E-state index in [1.807, 2.05) is 12.3 Å². The fourth-order valence-electron chi connectivity index (χ4n) is 2.52. The van der Waals surface area contributed by atoms with Crippen LogP contribution in [-0.2, 0) is 4.74 Å². The van der Waals surface area contributed by atoms with Crippen LogP contribution in [0.1, 0.15) is 13.8 Å². The Morgan fingerprint density at radius 1 is 1.52 bits per heavy atom. The van der Waals surface area contributed by atoms with Crippen LogP contribution in [0.5, 0.6) is 0 Å². The van der Waals surface area contributed by atoms with Gasteiger partial charge in [-0.2, -0.15) is 4.98 Å². The average Bonchev–Trinajstić information content (AvgIpc) is 2.96. The third kappa shape index (κ3) is 2.81. The van der Waals surface area contributed by atoms with E-state index in [2.05, 4.69) is 33.2 Å². The van der Waals surface area contributed by atoms with Gasteiger partial charge in [0.15, 0.2) is 0 Å². The molecule has 1 aliphatic heterocycles. The second-order valence-corrected chi connectivity index (χ2v) is 6.07. The van der Waals surface area contributed by atoms with Gasteiger partial charge < -0.3 is 20.1 Å². The van der Waals surface area contributed by atoms with Crippen LogP contribution in [0.25, 0.3) is 10.2 Å². The van der Waals surface area contributed by atoms with Crippen LogP contribution in [0.2, 0.25) is 0 Å². The van der Waals surface area contributed by atoms with Crippen molar-refractivity contribution in [3.05, 3.63) is 11.4 Å². The smallest absolute Gasteiger partial charge is 0.226 e. The maximum Gasteiger partial charge on any atom is 0.226 e. The van der Waals surface area contributed by atoms with Crippen molar-refractivity contribution in [3.63, 3.8) is 0 Å². The average molecular weight is 308 g/mol. The molecule has 0 spiro atoms. The first-order chi connectivity index (χ1) is 10.2. The number of fused-ring (bicyclic) bond motifs is 1. The van der Waals surface area contributed by atoms with Crippen LogP contribution < -0.4 is 10.2 Å². The summed E-state index contributed by atoms with van der Waals surface area (Å²) in [5.74, 6) is 1.58. The third-order valence-corrected chi connectivity index (χ3v) is 4.43. The van der Waals surface area contributed by atoms with Gasteiger partial charge in [0.2, 0.25) is 5.95 Å². The van der Waals surface area contributed by atoms with E-state index >= 15 is 0 Å². The number of rotatable bonds is 4. The Labute approximate surface area is 127 Å². The molecular weight excluding hydrogens is 288 g/mol. The minimum atomic E-state index is -0.160. The van der Waals surface area contributed by atoms with E-state index in [1.165, 1.54) is 0 Å². The summed E-state index contributed by atoms with van der Waals surface area (Å²) in [6, 6.07) is 2.28. The van der Waals surface area contributed by atoms with Crippen molar-refractivity contribution >= 4 is 33.3 Å². The van der Waals surface area contributed by atoms with E-state index < -0.39 is 0 Å². The molecule has 3 rings (SSSR count). The molecule has 0 aliphatic carbocycles. The second-order valence-electron chi connectivity index (χ2n) is 5.18. The van der Waals surface area contributed by atoms with Crippen molar-refractivity contribution < 1.29 is 9.84 Å². The number of nitrogens with zero attached hydrogens (tertiary/aromatic N) is 3. The molecule has 21 heavy (non-hydrogen) atoms. The topological polar surface area (TPSA) is 70.5 Å². The molecule has 0 aromatic carbocycles. The van der Waals surface area contributed by atoms with E-state index in [0.717, 1.165) is 22.6 Å². The normalized spacial score (nSPS) is 22.7. The van der Waals surface area contributed by atoms with Crippen molar-refractivity contribution in [2.24, 2.45) is 0 Å². The lowest BCUT2D eigenvalue weighted by Crippen LogP contribution is -2.50.